The van der Waals surface area contributed by atoms with Crippen molar-refractivity contribution in [2.45, 2.75) is 52.1 Å². The Morgan fingerprint density at radius 1 is 0.892 bits per heavy atom. The number of Topliss-reactive ketones (excluding diaryl/α,β-unsaturated/α-hetero) is 1. The van der Waals surface area contributed by atoms with Crippen LogP contribution >= 0.6 is 0 Å². The molecule has 0 fully saturated rings. The van der Waals surface area contributed by atoms with Crippen molar-refractivity contribution in [2.24, 2.45) is 0 Å². The van der Waals surface area contributed by atoms with Crippen LogP contribution in [-0.2, 0) is 17.6 Å². The topological polar surface area (TPSA) is 167 Å². The zero-order valence-electron chi connectivity index (χ0n) is 20.7. The number of anilines is 2. The van der Waals surface area contributed by atoms with E-state index >= 15 is 0 Å². The Hall–Kier alpha value is -4.19. The summed E-state index contributed by atoms with van der Waals surface area (Å²) in [7, 11) is 0. The number of aromatic nitrogens is 4. The SMILES string of the molecule is CC(=O)CCc1nc(-c2ccc(F)c(N)c2)no1.CC(C)(O)CCc1nc(-c2ccc(F)c(N)c2)no1. The van der Waals surface area contributed by atoms with E-state index in [0.29, 0.717) is 60.2 Å². The van der Waals surface area contributed by atoms with E-state index in [1.807, 2.05) is 0 Å². The van der Waals surface area contributed by atoms with Crippen molar-refractivity contribution >= 4 is 17.2 Å². The molecule has 37 heavy (non-hydrogen) atoms. The van der Waals surface area contributed by atoms with E-state index < -0.39 is 17.2 Å². The Bertz CT molecular complexity index is 1360. The molecule has 0 aliphatic heterocycles. The van der Waals surface area contributed by atoms with E-state index in [-0.39, 0.29) is 17.2 Å². The van der Waals surface area contributed by atoms with Crippen LogP contribution in [0.4, 0.5) is 20.2 Å². The Kier molecular flexibility index (Phi) is 8.66. The van der Waals surface area contributed by atoms with Gasteiger partial charge in [-0.15, -0.1) is 0 Å². The maximum atomic E-state index is 13.1. The number of nitrogens with zero attached hydrogens (tertiary/aromatic N) is 4. The summed E-state index contributed by atoms with van der Waals surface area (Å²) in [6, 6.07) is 8.46. The molecule has 2 aromatic carbocycles. The lowest BCUT2D eigenvalue weighted by molar-refractivity contribution is -0.117. The number of aryl methyl sites for hydroxylation is 2. The van der Waals surface area contributed by atoms with Crippen LogP contribution in [0.3, 0.4) is 0 Å². The van der Waals surface area contributed by atoms with Gasteiger partial charge in [0, 0.05) is 30.4 Å². The molecule has 0 radical (unpaired) electrons. The summed E-state index contributed by atoms with van der Waals surface area (Å²) in [5, 5.41) is 17.2. The minimum absolute atomic E-state index is 0.0302. The molecule has 196 valence electrons. The molecule has 5 N–H and O–H groups in total. The molecule has 0 atom stereocenters. The molecule has 0 bridgehead atoms. The van der Waals surface area contributed by atoms with Crippen molar-refractivity contribution in [1.29, 1.82) is 0 Å². The maximum Gasteiger partial charge on any atom is 0.227 e. The largest absolute Gasteiger partial charge is 0.396 e. The van der Waals surface area contributed by atoms with E-state index in [2.05, 4.69) is 20.3 Å². The van der Waals surface area contributed by atoms with Gasteiger partial charge in [-0.3, -0.25) is 0 Å². The van der Waals surface area contributed by atoms with Crippen LogP contribution in [0.2, 0.25) is 0 Å². The highest BCUT2D eigenvalue weighted by atomic mass is 19.1. The lowest BCUT2D eigenvalue weighted by Gasteiger charge is -2.14. The summed E-state index contributed by atoms with van der Waals surface area (Å²) < 4.78 is 36.1. The van der Waals surface area contributed by atoms with Crippen LogP contribution < -0.4 is 11.5 Å². The number of aliphatic hydroxyl groups is 1. The van der Waals surface area contributed by atoms with E-state index in [9.17, 15) is 18.7 Å². The maximum absolute atomic E-state index is 13.1. The van der Waals surface area contributed by atoms with Gasteiger partial charge in [0.2, 0.25) is 23.4 Å². The van der Waals surface area contributed by atoms with E-state index in [4.69, 9.17) is 20.5 Å². The lowest BCUT2D eigenvalue weighted by atomic mass is 10.0. The highest BCUT2D eigenvalue weighted by Crippen LogP contribution is 2.22. The smallest absolute Gasteiger partial charge is 0.227 e. The van der Waals surface area contributed by atoms with Crippen molar-refractivity contribution in [3.05, 3.63) is 59.8 Å². The highest BCUT2D eigenvalue weighted by molar-refractivity contribution is 5.75. The first-order chi connectivity index (χ1) is 17.4. The van der Waals surface area contributed by atoms with Gasteiger partial charge in [-0.2, -0.15) is 9.97 Å². The van der Waals surface area contributed by atoms with Crippen molar-refractivity contribution in [2.75, 3.05) is 11.5 Å². The number of carbonyl (C=O) groups excluding carboxylic acids is 1. The summed E-state index contributed by atoms with van der Waals surface area (Å²) >= 11 is 0. The first kappa shape index (κ1) is 27.4. The minimum atomic E-state index is -0.783. The molecular formula is C25H28F2N6O4. The van der Waals surface area contributed by atoms with Gasteiger partial charge in [-0.1, -0.05) is 10.3 Å². The Morgan fingerprint density at radius 3 is 1.76 bits per heavy atom. The van der Waals surface area contributed by atoms with Crippen molar-refractivity contribution in [1.82, 2.24) is 20.3 Å². The zero-order valence-corrected chi connectivity index (χ0v) is 20.7. The standard InChI is InChI=1S/C13H16FN3O2.C12H12FN3O2/c1-13(2,18)6-5-11-16-12(17-19-11)8-3-4-9(14)10(15)7-8;1-7(17)2-5-11-15-12(16-18-11)8-3-4-9(13)10(14)6-8/h3-4,7,18H,5-6,15H2,1-2H3;3-4,6H,2,5,14H2,1H3. The fourth-order valence-electron chi connectivity index (χ4n) is 3.01. The summed E-state index contributed by atoms with van der Waals surface area (Å²) in [4.78, 5) is 19.1. The third-order valence-corrected chi connectivity index (χ3v) is 5.09. The molecule has 0 amide bonds. The second kappa shape index (κ2) is 11.7. The number of nitrogen functional groups attached to an aromatic ring is 2. The zero-order chi connectivity index (χ0) is 27.2. The van der Waals surface area contributed by atoms with Gasteiger partial charge in [0.25, 0.3) is 0 Å². The number of halogens is 2. The van der Waals surface area contributed by atoms with Crippen LogP contribution in [-0.4, -0.2) is 36.8 Å². The third-order valence-electron chi connectivity index (χ3n) is 5.09. The van der Waals surface area contributed by atoms with Gasteiger partial charge < -0.3 is 30.4 Å². The molecule has 0 aliphatic carbocycles. The number of hydrogen-bond donors (Lipinski definition) is 3. The molecule has 0 aliphatic rings. The molecule has 0 unspecified atom stereocenters. The predicted molar refractivity (Wildman–Crippen MR) is 132 cm³/mol. The van der Waals surface area contributed by atoms with Crippen LogP contribution in [0.1, 0.15) is 45.4 Å². The molecule has 0 saturated heterocycles. The number of ketones is 1. The van der Waals surface area contributed by atoms with Crippen molar-refractivity contribution in [3.63, 3.8) is 0 Å². The van der Waals surface area contributed by atoms with Crippen LogP contribution in [0.15, 0.2) is 45.4 Å². The summed E-state index contributed by atoms with van der Waals surface area (Å²) in [5.74, 6) is 0.593. The molecule has 2 aromatic heterocycles. The summed E-state index contributed by atoms with van der Waals surface area (Å²) in [5.41, 5.74) is 11.4. The average Bonchev–Trinajstić information content (AvgIpc) is 3.50. The Labute approximate surface area is 211 Å². The van der Waals surface area contributed by atoms with Gasteiger partial charge in [0.05, 0.1) is 17.0 Å². The predicted octanol–water partition coefficient (Wildman–Crippen LogP) is 4.14. The van der Waals surface area contributed by atoms with E-state index in [0.717, 1.165) is 0 Å². The summed E-state index contributed by atoms with van der Waals surface area (Å²) in [6.07, 6.45) is 1.75. The van der Waals surface area contributed by atoms with Gasteiger partial charge in [0.15, 0.2) is 0 Å². The number of benzene rings is 2. The molecule has 12 heteroatoms. The Morgan fingerprint density at radius 2 is 1.35 bits per heavy atom. The van der Waals surface area contributed by atoms with E-state index in [1.165, 1.54) is 43.3 Å². The molecule has 0 saturated carbocycles. The van der Waals surface area contributed by atoms with Crippen LogP contribution in [0, 0.1) is 11.6 Å². The van der Waals surface area contributed by atoms with Crippen molar-refractivity contribution < 1.29 is 27.7 Å². The van der Waals surface area contributed by atoms with Gasteiger partial charge in [0.1, 0.15) is 17.4 Å². The average molecular weight is 515 g/mol. The quantitative estimate of drug-likeness (QED) is 0.291. The lowest BCUT2D eigenvalue weighted by Crippen LogP contribution is -2.19. The molecule has 0 spiro atoms. The molecular weight excluding hydrogens is 486 g/mol. The first-order valence-electron chi connectivity index (χ1n) is 11.4. The normalized spacial score (nSPS) is 11.2. The molecule has 4 rings (SSSR count). The molecule has 4 aromatic rings. The fourth-order valence-corrected chi connectivity index (χ4v) is 3.01. The van der Waals surface area contributed by atoms with Gasteiger partial charge in [-0.25, -0.2) is 8.78 Å². The monoisotopic (exact) mass is 514 g/mol. The minimum Gasteiger partial charge on any atom is -0.396 e. The summed E-state index contributed by atoms with van der Waals surface area (Å²) in [6.45, 7) is 4.92. The van der Waals surface area contributed by atoms with E-state index in [1.54, 1.807) is 13.8 Å². The number of carbonyl (C=O) groups is 1. The van der Waals surface area contributed by atoms with Gasteiger partial charge >= 0.3 is 0 Å². The van der Waals surface area contributed by atoms with Crippen LogP contribution in [0.5, 0.6) is 0 Å². The number of rotatable bonds is 8. The highest BCUT2D eigenvalue weighted by Gasteiger charge is 2.16. The number of nitrogens with two attached hydrogens (primary N) is 2. The van der Waals surface area contributed by atoms with Crippen LogP contribution in [0.25, 0.3) is 22.8 Å². The van der Waals surface area contributed by atoms with Crippen molar-refractivity contribution in [3.8, 4) is 22.8 Å². The molecule has 10 nitrogen and oxygen atoms in total. The first-order valence-corrected chi connectivity index (χ1v) is 11.4. The fraction of sp³-hybridized carbons (Fsp3) is 0.320. The molecule has 2 heterocycles. The Balaban J connectivity index is 0.000000206. The number of hydrogen-bond acceptors (Lipinski definition) is 10. The third kappa shape index (κ3) is 8.17. The second-order valence-electron chi connectivity index (χ2n) is 9.01. The van der Waals surface area contributed by atoms with Gasteiger partial charge in [-0.05, 0) is 63.6 Å². The second-order valence-corrected chi connectivity index (χ2v) is 9.01.